The van der Waals surface area contributed by atoms with Crippen LogP contribution in [0.1, 0.15) is 24.0 Å². The third kappa shape index (κ3) is 4.05. The summed E-state index contributed by atoms with van der Waals surface area (Å²) in [4.78, 5) is 14.3. The highest BCUT2D eigenvalue weighted by Gasteiger charge is 2.19. The fraction of sp³-hybridized carbons (Fsp3) is 0.562. The first kappa shape index (κ1) is 15.0. The van der Waals surface area contributed by atoms with Crippen LogP contribution in [-0.4, -0.2) is 43.5 Å². The number of benzene rings is 1. The lowest BCUT2D eigenvalue weighted by molar-refractivity contribution is -0.117. The van der Waals surface area contributed by atoms with Gasteiger partial charge in [0, 0.05) is 18.3 Å². The molecule has 1 aliphatic rings. The minimum atomic E-state index is 0.0618. The van der Waals surface area contributed by atoms with Crippen LogP contribution in [0, 0.1) is 13.8 Å². The van der Waals surface area contributed by atoms with E-state index < -0.39 is 0 Å². The third-order valence-corrected chi connectivity index (χ3v) is 3.95. The van der Waals surface area contributed by atoms with Gasteiger partial charge in [0.05, 0.1) is 6.54 Å². The number of nitrogens with one attached hydrogen (secondary N) is 2. The second-order valence-corrected chi connectivity index (χ2v) is 5.78. The zero-order valence-corrected chi connectivity index (χ0v) is 12.7. The molecule has 2 N–H and O–H groups in total. The molecule has 0 radical (unpaired) electrons. The van der Waals surface area contributed by atoms with Gasteiger partial charge in [-0.3, -0.25) is 9.69 Å². The maximum atomic E-state index is 12.2. The molecular formula is C16H25N3O. The molecule has 2 rings (SSSR count). The molecular weight excluding hydrogens is 250 g/mol. The number of nitrogens with zero attached hydrogens (tertiary/aromatic N) is 1. The minimum absolute atomic E-state index is 0.0618. The molecule has 1 heterocycles. The average Bonchev–Trinajstić information content (AvgIpc) is 2.43. The molecule has 110 valence electrons. The quantitative estimate of drug-likeness (QED) is 0.882. The summed E-state index contributed by atoms with van der Waals surface area (Å²) in [6.07, 6.45) is 2.36. The van der Waals surface area contributed by atoms with E-state index in [4.69, 9.17) is 0 Å². The van der Waals surface area contributed by atoms with E-state index in [1.165, 1.54) is 12.8 Å². The molecule has 1 amide bonds. The van der Waals surface area contributed by atoms with Crippen LogP contribution in [0.2, 0.25) is 0 Å². The van der Waals surface area contributed by atoms with Gasteiger partial charge in [0.25, 0.3) is 0 Å². The lowest BCUT2D eigenvalue weighted by Crippen LogP contribution is -2.46. The number of carbonyl (C=O) groups is 1. The molecule has 1 fully saturated rings. The molecule has 1 aromatic rings. The monoisotopic (exact) mass is 275 g/mol. The van der Waals surface area contributed by atoms with E-state index >= 15 is 0 Å². The maximum absolute atomic E-state index is 12.2. The van der Waals surface area contributed by atoms with E-state index in [-0.39, 0.29) is 5.91 Å². The van der Waals surface area contributed by atoms with Crippen LogP contribution in [0.3, 0.4) is 0 Å². The number of amides is 1. The lowest BCUT2D eigenvalue weighted by atomic mass is 10.1. The van der Waals surface area contributed by atoms with Crippen LogP contribution in [0.25, 0.3) is 0 Å². The summed E-state index contributed by atoms with van der Waals surface area (Å²) in [5.41, 5.74) is 3.19. The topological polar surface area (TPSA) is 44.4 Å². The third-order valence-electron chi connectivity index (χ3n) is 3.95. The van der Waals surface area contributed by atoms with Gasteiger partial charge >= 0.3 is 0 Å². The van der Waals surface area contributed by atoms with E-state index in [0.29, 0.717) is 12.6 Å². The Hall–Kier alpha value is -1.39. The van der Waals surface area contributed by atoms with Crippen molar-refractivity contribution in [2.24, 2.45) is 0 Å². The summed E-state index contributed by atoms with van der Waals surface area (Å²) in [6, 6.07) is 6.59. The highest BCUT2D eigenvalue weighted by molar-refractivity contribution is 5.93. The first-order valence-corrected chi connectivity index (χ1v) is 7.34. The molecule has 1 aromatic carbocycles. The standard InChI is InChI=1S/C16H25N3O/c1-12-6-7-13(2)15(9-12)18-16(20)11-19(3)14-5-4-8-17-10-14/h6-7,9,14,17H,4-5,8,10-11H2,1-3H3,(H,18,20). The van der Waals surface area contributed by atoms with Gasteiger partial charge in [-0.25, -0.2) is 0 Å². The Labute approximate surface area is 121 Å². The van der Waals surface area contributed by atoms with Gasteiger partial charge in [0.15, 0.2) is 0 Å². The molecule has 0 saturated carbocycles. The van der Waals surface area contributed by atoms with Gasteiger partial charge in [-0.05, 0) is 57.5 Å². The molecule has 0 aromatic heterocycles. The molecule has 1 saturated heterocycles. The lowest BCUT2D eigenvalue weighted by Gasteiger charge is -2.31. The molecule has 0 bridgehead atoms. The Balaban J connectivity index is 1.89. The van der Waals surface area contributed by atoms with Gasteiger partial charge in [-0.2, -0.15) is 0 Å². The zero-order chi connectivity index (χ0) is 14.5. The highest BCUT2D eigenvalue weighted by Crippen LogP contribution is 2.16. The van der Waals surface area contributed by atoms with Crippen molar-refractivity contribution in [3.8, 4) is 0 Å². The van der Waals surface area contributed by atoms with Crippen molar-refractivity contribution in [2.75, 3.05) is 32.0 Å². The molecule has 4 heteroatoms. The average molecular weight is 275 g/mol. The summed E-state index contributed by atoms with van der Waals surface area (Å²) in [6.45, 7) is 6.57. The summed E-state index contributed by atoms with van der Waals surface area (Å²) in [5, 5.41) is 6.40. The Kier molecular flexibility index (Phi) is 5.15. The number of aryl methyl sites for hydroxylation is 2. The largest absolute Gasteiger partial charge is 0.325 e. The first-order chi connectivity index (χ1) is 9.56. The Morgan fingerprint density at radius 3 is 2.95 bits per heavy atom. The van der Waals surface area contributed by atoms with Crippen LogP contribution in [-0.2, 0) is 4.79 Å². The van der Waals surface area contributed by atoms with E-state index in [2.05, 4.69) is 21.6 Å². The van der Waals surface area contributed by atoms with Crippen molar-refractivity contribution in [1.29, 1.82) is 0 Å². The summed E-state index contributed by atoms with van der Waals surface area (Å²) in [5.74, 6) is 0.0618. The fourth-order valence-corrected chi connectivity index (χ4v) is 2.63. The molecule has 0 aliphatic carbocycles. The number of piperidine rings is 1. The van der Waals surface area contributed by atoms with Crippen molar-refractivity contribution in [2.45, 2.75) is 32.7 Å². The Morgan fingerprint density at radius 1 is 1.45 bits per heavy atom. The molecule has 4 nitrogen and oxygen atoms in total. The second kappa shape index (κ2) is 6.86. The Morgan fingerprint density at radius 2 is 2.25 bits per heavy atom. The summed E-state index contributed by atoms with van der Waals surface area (Å²) >= 11 is 0. The number of likely N-dealkylation sites (N-methyl/N-ethyl adjacent to an activating group) is 1. The SMILES string of the molecule is Cc1ccc(C)c(NC(=O)CN(C)C2CCCNC2)c1. The normalized spacial score (nSPS) is 19.1. The number of carbonyl (C=O) groups excluding carboxylic acids is 1. The van der Waals surface area contributed by atoms with Crippen molar-refractivity contribution >= 4 is 11.6 Å². The number of hydrogen-bond donors (Lipinski definition) is 2. The predicted octanol–water partition coefficient (Wildman–Crippen LogP) is 1.93. The van der Waals surface area contributed by atoms with Crippen LogP contribution in [0.15, 0.2) is 18.2 Å². The van der Waals surface area contributed by atoms with Crippen LogP contribution in [0.4, 0.5) is 5.69 Å². The van der Waals surface area contributed by atoms with E-state index in [0.717, 1.165) is 29.9 Å². The molecule has 1 atom stereocenters. The first-order valence-electron chi connectivity index (χ1n) is 7.34. The minimum Gasteiger partial charge on any atom is -0.325 e. The van der Waals surface area contributed by atoms with E-state index in [1.54, 1.807) is 0 Å². The maximum Gasteiger partial charge on any atom is 0.238 e. The zero-order valence-electron chi connectivity index (χ0n) is 12.7. The van der Waals surface area contributed by atoms with E-state index in [1.807, 2.05) is 33.0 Å². The number of anilines is 1. The second-order valence-electron chi connectivity index (χ2n) is 5.78. The number of hydrogen-bond acceptors (Lipinski definition) is 3. The van der Waals surface area contributed by atoms with Gasteiger partial charge in [-0.15, -0.1) is 0 Å². The summed E-state index contributed by atoms with van der Waals surface area (Å²) < 4.78 is 0. The van der Waals surface area contributed by atoms with Crippen LogP contribution in [0.5, 0.6) is 0 Å². The van der Waals surface area contributed by atoms with Crippen molar-refractivity contribution in [3.63, 3.8) is 0 Å². The Bertz CT molecular complexity index is 467. The fourth-order valence-electron chi connectivity index (χ4n) is 2.63. The molecule has 0 spiro atoms. The van der Waals surface area contributed by atoms with Crippen LogP contribution >= 0.6 is 0 Å². The van der Waals surface area contributed by atoms with Crippen molar-refractivity contribution in [3.05, 3.63) is 29.3 Å². The van der Waals surface area contributed by atoms with Crippen LogP contribution < -0.4 is 10.6 Å². The van der Waals surface area contributed by atoms with Crippen molar-refractivity contribution < 1.29 is 4.79 Å². The smallest absolute Gasteiger partial charge is 0.238 e. The van der Waals surface area contributed by atoms with E-state index in [9.17, 15) is 4.79 Å². The van der Waals surface area contributed by atoms with Gasteiger partial charge in [0.2, 0.25) is 5.91 Å². The van der Waals surface area contributed by atoms with Crippen molar-refractivity contribution in [1.82, 2.24) is 10.2 Å². The van der Waals surface area contributed by atoms with Gasteiger partial charge < -0.3 is 10.6 Å². The number of rotatable bonds is 4. The van der Waals surface area contributed by atoms with Gasteiger partial charge in [-0.1, -0.05) is 12.1 Å². The molecule has 1 unspecified atom stereocenters. The predicted molar refractivity (Wildman–Crippen MR) is 83.1 cm³/mol. The molecule has 20 heavy (non-hydrogen) atoms. The highest BCUT2D eigenvalue weighted by atomic mass is 16.2. The molecule has 1 aliphatic heterocycles. The van der Waals surface area contributed by atoms with Gasteiger partial charge in [0.1, 0.15) is 0 Å². The summed E-state index contributed by atoms with van der Waals surface area (Å²) in [7, 11) is 2.03.